The second kappa shape index (κ2) is 10.1. The summed E-state index contributed by atoms with van der Waals surface area (Å²) in [5, 5.41) is 2.97. The first-order valence-corrected chi connectivity index (χ1v) is 10.1. The lowest BCUT2D eigenvalue weighted by Gasteiger charge is -2.34. The van der Waals surface area contributed by atoms with E-state index in [1.54, 1.807) is 0 Å². The molecule has 3 rings (SSSR count). The number of carbonyl (C=O) groups is 1. The van der Waals surface area contributed by atoms with Crippen molar-refractivity contribution in [1.82, 2.24) is 15.1 Å². The SMILES string of the molecule is CC(C)c1cccc(OCCNC(=O)N2CCN(Cc3ccccc3)CC2)c1. The quantitative estimate of drug-likeness (QED) is 0.744. The molecule has 0 spiro atoms. The van der Waals surface area contributed by atoms with Gasteiger partial charge in [0.2, 0.25) is 0 Å². The number of carbonyl (C=O) groups excluding carboxylic acids is 1. The zero-order chi connectivity index (χ0) is 19.8. The van der Waals surface area contributed by atoms with Crippen LogP contribution >= 0.6 is 0 Å². The molecule has 150 valence electrons. The number of benzene rings is 2. The van der Waals surface area contributed by atoms with Crippen LogP contribution in [-0.2, 0) is 6.54 Å². The van der Waals surface area contributed by atoms with E-state index < -0.39 is 0 Å². The normalized spacial score (nSPS) is 14.9. The van der Waals surface area contributed by atoms with Gasteiger partial charge in [0.1, 0.15) is 12.4 Å². The Hall–Kier alpha value is -2.53. The zero-order valence-electron chi connectivity index (χ0n) is 16.9. The van der Waals surface area contributed by atoms with Gasteiger partial charge in [-0.3, -0.25) is 4.90 Å². The highest BCUT2D eigenvalue weighted by molar-refractivity contribution is 5.74. The number of urea groups is 1. The van der Waals surface area contributed by atoms with E-state index in [2.05, 4.69) is 60.5 Å². The highest BCUT2D eigenvalue weighted by atomic mass is 16.5. The van der Waals surface area contributed by atoms with Crippen LogP contribution in [0.5, 0.6) is 5.75 Å². The lowest BCUT2D eigenvalue weighted by atomic mass is 10.0. The van der Waals surface area contributed by atoms with Crippen LogP contribution in [-0.4, -0.2) is 55.2 Å². The molecule has 1 aliphatic rings. The first kappa shape index (κ1) is 20.2. The van der Waals surface area contributed by atoms with Gasteiger partial charge in [0.15, 0.2) is 0 Å². The Kier molecular flexibility index (Phi) is 7.31. The molecule has 1 fully saturated rings. The van der Waals surface area contributed by atoms with Gasteiger partial charge in [0, 0.05) is 32.7 Å². The minimum Gasteiger partial charge on any atom is -0.492 e. The highest BCUT2D eigenvalue weighted by Crippen LogP contribution is 2.19. The highest BCUT2D eigenvalue weighted by Gasteiger charge is 2.20. The van der Waals surface area contributed by atoms with Crippen LogP contribution in [0.25, 0.3) is 0 Å². The number of rotatable bonds is 7. The maximum absolute atomic E-state index is 12.4. The van der Waals surface area contributed by atoms with Gasteiger partial charge in [-0.15, -0.1) is 0 Å². The number of hydrogen-bond donors (Lipinski definition) is 1. The van der Waals surface area contributed by atoms with Crippen molar-refractivity contribution in [3.05, 3.63) is 65.7 Å². The summed E-state index contributed by atoms with van der Waals surface area (Å²) < 4.78 is 5.78. The van der Waals surface area contributed by atoms with Gasteiger partial charge in [0.25, 0.3) is 0 Å². The van der Waals surface area contributed by atoms with Crippen molar-refractivity contribution in [2.24, 2.45) is 0 Å². The summed E-state index contributed by atoms with van der Waals surface area (Å²) in [6.07, 6.45) is 0. The average molecular weight is 382 g/mol. The van der Waals surface area contributed by atoms with E-state index in [1.807, 2.05) is 23.1 Å². The molecule has 5 heteroatoms. The van der Waals surface area contributed by atoms with Gasteiger partial charge >= 0.3 is 6.03 Å². The van der Waals surface area contributed by atoms with E-state index in [-0.39, 0.29) is 6.03 Å². The maximum Gasteiger partial charge on any atom is 0.317 e. The van der Waals surface area contributed by atoms with E-state index >= 15 is 0 Å². The third kappa shape index (κ3) is 5.99. The molecule has 0 bridgehead atoms. The van der Waals surface area contributed by atoms with Gasteiger partial charge in [0.05, 0.1) is 6.54 Å². The molecular formula is C23H31N3O2. The van der Waals surface area contributed by atoms with Crippen molar-refractivity contribution in [3.8, 4) is 5.75 Å². The minimum atomic E-state index is -0.00103. The van der Waals surface area contributed by atoms with Crippen molar-refractivity contribution < 1.29 is 9.53 Å². The number of piperazine rings is 1. The Bertz CT molecular complexity index is 741. The predicted octanol–water partition coefficient (Wildman–Crippen LogP) is 3.72. The van der Waals surface area contributed by atoms with Crippen LogP contribution < -0.4 is 10.1 Å². The van der Waals surface area contributed by atoms with E-state index in [1.165, 1.54) is 11.1 Å². The molecule has 0 aliphatic carbocycles. The molecule has 1 heterocycles. The molecule has 0 unspecified atom stereocenters. The lowest BCUT2D eigenvalue weighted by Crippen LogP contribution is -2.51. The van der Waals surface area contributed by atoms with E-state index in [9.17, 15) is 4.79 Å². The Morgan fingerprint density at radius 1 is 1.04 bits per heavy atom. The standard InChI is InChI=1S/C23H31N3O2/c1-19(2)21-9-6-10-22(17-21)28-16-11-24-23(27)26-14-12-25(13-15-26)18-20-7-4-3-5-8-20/h3-10,17,19H,11-16,18H2,1-2H3,(H,24,27). The number of nitrogens with one attached hydrogen (secondary N) is 1. The minimum absolute atomic E-state index is 0.00103. The Morgan fingerprint density at radius 2 is 1.79 bits per heavy atom. The number of ether oxygens (including phenoxy) is 1. The van der Waals surface area contributed by atoms with Gasteiger partial charge in [-0.2, -0.15) is 0 Å². The molecule has 28 heavy (non-hydrogen) atoms. The fourth-order valence-electron chi connectivity index (χ4n) is 3.35. The fourth-order valence-corrected chi connectivity index (χ4v) is 3.35. The van der Waals surface area contributed by atoms with Gasteiger partial charge in [-0.1, -0.05) is 56.3 Å². The molecule has 0 aromatic heterocycles. The Morgan fingerprint density at radius 3 is 2.50 bits per heavy atom. The summed E-state index contributed by atoms with van der Waals surface area (Å²) in [5.74, 6) is 1.33. The third-order valence-corrected chi connectivity index (χ3v) is 5.08. The number of amides is 2. The predicted molar refractivity (Wildman–Crippen MR) is 113 cm³/mol. The Labute approximate surface area is 168 Å². The van der Waals surface area contributed by atoms with E-state index in [0.29, 0.717) is 19.1 Å². The summed E-state index contributed by atoms with van der Waals surface area (Å²) in [5.41, 5.74) is 2.58. The average Bonchev–Trinajstić information content (AvgIpc) is 2.72. The molecular weight excluding hydrogens is 350 g/mol. The topological polar surface area (TPSA) is 44.8 Å². The van der Waals surface area contributed by atoms with Crippen molar-refractivity contribution in [2.75, 3.05) is 39.3 Å². The second-order valence-corrected chi connectivity index (χ2v) is 7.56. The van der Waals surface area contributed by atoms with Crippen LogP contribution in [0.4, 0.5) is 4.79 Å². The van der Waals surface area contributed by atoms with Gasteiger partial charge in [-0.05, 0) is 29.2 Å². The van der Waals surface area contributed by atoms with Crippen LogP contribution in [0.1, 0.15) is 30.9 Å². The van der Waals surface area contributed by atoms with Crippen molar-refractivity contribution in [1.29, 1.82) is 0 Å². The molecule has 2 aromatic rings. The molecule has 0 atom stereocenters. The first-order chi connectivity index (χ1) is 13.6. The molecule has 0 radical (unpaired) electrons. The largest absolute Gasteiger partial charge is 0.492 e. The number of nitrogens with zero attached hydrogens (tertiary/aromatic N) is 2. The molecule has 1 saturated heterocycles. The second-order valence-electron chi connectivity index (χ2n) is 7.56. The monoisotopic (exact) mass is 381 g/mol. The van der Waals surface area contributed by atoms with Crippen LogP contribution in [0.2, 0.25) is 0 Å². The summed E-state index contributed by atoms with van der Waals surface area (Å²) in [6.45, 7) is 9.58. The van der Waals surface area contributed by atoms with E-state index in [4.69, 9.17) is 4.74 Å². The van der Waals surface area contributed by atoms with Crippen molar-refractivity contribution in [2.45, 2.75) is 26.3 Å². The summed E-state index contributed by atoms with van der Waals surface area (Å²) in [4.78, 5) is 16.6. The van der Waals surface area contributed by atoms with E-state index in [0.717, 1.165) is 38.5 Å². The smallest absolute Gasteiger partial charge is 0.317 e. The van der Waals surface area contributed by atoms with Gasteiger partial charge < -0.3 is 15.0 Å². The van der Waals surface area contributed by atoms with Crippen molar-refractivity contribution >= 4 is 6.03 Å². The molecule has 2 aromatic carbocycles. The van der Waals surface area contributed by atoms with Crippen molar-refractivity contribution in [3.63, 3.8) is 0 Å². The number of hydrogen-bond acceptors (Lipinski definition) is 3. The van der Waals surface area contributed by atoms with Crippen LogP contribution in [0, 0.1) is 0 Å². The molecule has 0 saturated carbocycles. The molecule has 5 nitrogen and oxygen atoms in total. The molecule has 1 aliphatic heterocycles. The van der Waals surface area contributed by atoms with Gasteiger partial charge in [-0.25, -0.2) is 4.79 Å². The third-order valence-electron chi connectivity index (χ3n) is 5.08. The first-order valence-electron chi connectivity index (χ1n) is 10.1. The maximum atomic E-state index is 12.4. The fraction of sp³-hybridized carbons (Fsp3) is 0.435. The summed E-state index contributed by atoms with van der Waals surface area (Å²) >= 11 is 0. The lowest BCUT2D eigenvalue weighted by molar-refractivity contribution is 0.134. The Balaban J connectivity index is 1.34. The van der Waals surface area contributed by atoms with Crippen LogP contribution in [0.15, 0.2) is 54.6 Å². The summed E-state index contributed by atoms with van der Waals surface area (Å²) in [6, 6.07) is 18.6. The summed E-state index contributed by atoms with van der Waals surface area (Å²) in [7, 11) is 0. The van der Waals surface area contributed by atoms with Crippen LogP contribution in [0.3, 0.4) is 0 Å². The molecule has 1 N–H and O–H groups in total. The zero-order valence-corrected chi connectivity index (χ0v) is 16.9. The molecule has 2 amide bonds.